The molecular weight excluding hydrogens is 467 g/mol. The molecule has 7 heteroatoms. The van der Waals surface area contributed by atoms with E-state index in [-0.39, 0.29) is 23.5 Å². The fourth-order valence-corrected chi connectivity index (χ4v) is 4.45. The Bertz CT molecular complexity index is 1460. The van der Waals surface area contributed by atoms with Crippen molar-refractivity contribution in [3.8, 4) is 0 Å². The maximum absolute atomic E-state index is 13.5. The zero-order chi connectivity index (χ0) is 25.6. The molecule has 0 saturated carbocycles. The SMILES string of the molecule is C[C@H](NC(=O)c1coc(CN(CCc2c[nH]c3ccccc23)Cc2ccc(F)cc2)n1)c1ccccc1. The third-order valence-corrected chi connectivity index (χ3v) is 6.48. The highest BCUT2D eigenvalue weighted by Crippen LogP contribution is 2.20. The standard InChI is InChI=1S/C30H29FN4O2/c1-21(23-7-3-2-4-8-23)33-30(36)28-20-37-29(34-28)19-35(18-22-11-13-25(31)14-12-22)16-15-24-17-32-27-10-6-5-9-26(24)27/h2-14,17,20-21,32H,15-16,18-19H2,1H3,(H,33,36)/t21-/m0/s1. The Hall–Kier alpha value is -4.23. The van der Waals surface area contributed by atoms with Gasteiger partial charge in [0.25, 0.3) is 5.91 Å². The first kappa shape index (κ1) is 24.5. The molecule has 0 spiro atoms. The van der Waals surface area contributed by atoms with Crippen LogP contribution >= 0.6 is 0 Å². The second-order valence-electron chi connectivity index (χ2n) is 9.18. The van der Waals surface area contributed by atoms with E-state index >= 15 is 0 Å². The normalized spacial score (nSPS) is 12.2. The minimum atomic E-state index is -0.282. The zero-order valence-corrected chi connectivity index (χ0v) is 20.7. The number of oxazole rings is 1. The highest BCUT2D eigenvalue weighted by molar-refractivity contribution is 5.92. The minimum Gasteiger partial charge on any atom is -0.447 e. The van der Waals surface area contributed by atoms with Gasteiger partial charge >= 0.3 is 0 Å². The molecule has 6 nitrogen and oxygen atoms in total. The van der Waals surface area contributed by atoms with Gasteiger partial charge < -0.3 is 14.7 Å². The first-order chi connectivity index (χ1) is 18.0. The van der Waals surface area contributed by atoms with Gasteiger partial charge in [0, 0.05) is 30.2 Å². The highest BCUT2D eigenvalue weighted by Gasteiger charge is 2.18. The van der Waals surface area contributed by atoms with Crippen molar-refractivity contribution < 1.29 is 13.6 Å². The van der Waals surface area contributed by atoms with Gasteiger partial charge in [0.15, 0.2) is 5.69 Å². The second kappa shape index (κ2) is 11.2. The molecule has 0 unspecified atom stereocenters. The van der Waals surface area contributed by atoms with Gasteiger partial charge in [-0.1, -0.05) is 60.7 Å². The number of benzene rings is 3. The average Bonchev–Trinajstić information content (AvgIpc) is 3.56. The summed E-state index contributed by atoms with van der Waals surface area (Å²) in [7, 11) is 0. The maximum Gasteiger partial charge on any atom is 0.273 e. The quantitative estimate of drug-likeness (QED) is 0.248. The van der Waals surface area contributed by atoms with E-state index in [1.807, 2.05) is 55.6 Å². The van der Waals surface area contributed by atoms with Crippen molar-refractivity contribution in [2.75, 3.05) is 6.54 Å². The maximum atomic E-state index is 13.5. The van der Waals surface area contributed by atoms with Crippen LogP contribution in [0.4, 0.5) is 4.39 Å². The number of halogens is 1. The molecule has 5 aromatic rings. The summed E-state index contributed by atoms with van der Waals surface area (Å²) in [6, 6.07) is 24.3. The molecule has 3 aromatic carbocycles. The van der Waals surface area contributed by atoms with Crippen LogP contribution in [0.25, 0.3) is 10.9 Å². The lowest BCUT2D eigenvalue weighted by atomic mass is 10.1. The molecule has 37 heavy (non-hydrogen) atoms. The Kier molecular flexibility index (Phi) is 7.42. The number of rotatable bonds is 10. The smallest absolute Gasteiger partial charge is 0.273 e. The van der Waals surface area contributed by atoms with E-state index in [2.05, 4.69) is 32.3 Å². The Morgan fingerprint density at radius 3 is 2.59 bits per heavy atom. The van der Waals surface area contributed by atoms with Crippen LogP contribution in [0.5, 0.6) is 0 Å². The van der Waals surface area contributed by atoms with Crippen LogP contribution in [0.15, 0.2) is 95.7 Å². The number of nitrogens with one attached hydrogen (secondary N) is 2. The van der Waals surface area contributed by atoms with Crippen LogP contribution in [-0.4, -0.2) is 27.3 Å². The van der Waals surface area contributed by atoms with E-state index in [0.29, 0.717) is 19.0 Å². The molecule has 0 saturated heterocycles. The van der Waals surface area contributed by atoms with Crippen molar-refractivity contribution >= 4 is 16.8 Å². The van der Waals surface area contributed by atoms with Gasteiger partial charge in [-0.15, -0.1) is 0 Å². The molecule has 0 aliphatic heterocycles. The van der Waals surface area contributed by atoms with Crippen molar-refractivity contribution in [3.05, 3.63) is 125 Å². The van der Waals surface area contributed by atoms with Gasteiger partial charge in [0.1, 0.15) is 12.1 Å². The molecule has 1 amide bonds. The Morgan fingerprint density at radius 1 is 1.03 bits per heavy atom. The fourth-order valence-electron chi connectivity index (χ4n) is 4.45. The molecular formula is C30H29FN4O2. The molecule has 2 heterocycles. The summed E-state index contributed by atoms with van der Waals surface area (Å²) in [6.07, 6.45) is 4.26. The largest absolute Gasteiger partial charge is 0.447 e. The van der Waals surface area contributed by atoms with Crippen LogP contribution in [0.3, 0.4) is 0 Å². The topological polar surface area (TPSA) is 74.2 Å². The summed E-state index contributed by atoms with van der Waals surface area (Å²) >= 11 is 0. The zero-order valence-electron chi connectivity index (χ0n) is 20.7. The Labute approximate surface area is 215 Å². The van der Waals surface area contributed by atoms with Gasteiger partial charge in [-0.3, -0.25) is 9.69 Å². The van der Waals surface area contributed by atoms with E-state index in [9.17, 15) is 9.18 Å². The fraction of sp³-hybridized carbons (Fsp3) is 0.200. The van der Waals surface area contributed by atoms with Crippen molar-refractivity contribution in [2.45, 2.75) is 32.5 Å². The minimum absolute atomic E-state index is 0.153. The van der Waals surface area contributed by atoms with Crippen molar-refractivity contribution in [3.63, 3.8) is 0 Å². The van der Waals surface area contributed by atoms with Crippen molar-refractivity contribution in [1.29, 1.82) is 0 Å². The van der Waals surface area contributed by atoms with Crippen molar-refractivity contribution in [2.24, 2.45) is 0 Å². The van der Waals surface area contributed by atoms with Gasteiger partial charge in [0.2, 0.25) is 5.89 Å². The highest BCUT2D eigenvalue weighted by atomic mass is 19.1. The Balaban J connectivity index is 1.28. The lowest BCUT2D eigenvalue weighted by Gasteiger charge is -2.21. The van der Waals surface area contributed by atoms with E-state index in [4.69, 9.17) is 4.42 Å². The van der Waals surface area contributed by atoms with E-state index in [1.54, 1.807) is 12.1 Å². The van der Waals surface area contributed by atoms with Gasteiger partial charge in [-0.05, 0) is 48.2 Å². The number of carbonyl (C=O) groups excluding carboxylic acids is 1. The first-order valence-electron chi connectivity index (χ1n) is 12.4. The van der Waals surface area contributed by atoms with Crippen LogP contribution in [0.1, 0.15) is 46.0 Å². The number of para-hydroxylation sites is 1. The molecule has 1 atom stereocenters. The summed E-state index contributed by atoms with van der Waals surface area (Å²) in [4.78, 5) is 22.7. The molecule has 2 N–H and O–H groups in total. The summed E-state index contributed by atoms with van der Waals surface area (Å²) in [5.74, 6) is -0.0871. The van der Waals surface area contributed by atoms with Gasteiger partial charge in [-0.2, -0.15) is 0 Å². The van der Waals surface area contributed by atoms with E-state index in [0.717, 1.165) is 29.6 Å². The number of nitrogens with zero attached hydrogens (tertiary/aromatic N) is 2. The molecule has 0 fully saturated rings. The summed E-state index contributed by atoms with van der Waals surface area (Å²) in [5.41, 5.74) is 4.58. The third-order valence-electron chi connectivity index (χ3n) is 6.48. The Morgan fingerprint density at radius 2 is 1.78 bits per heavy atom. The number of fused-ring (bicyclic) bond motifs is 1. The summed E-state index contributed by atoms with van der Waals surface area (Å²) in [5, 5.41) is 4.17. The van der Waals surface area contributed by atoms with E-state index in [1.165, 1.54) is 29.3 Å². The second-order valence-corrected chi connectivity index (χ2v) is 9.18. The first-order valence-corrected chi connectivity index (χ1v) is 12.4. The predicted octanol–water partition coefficient (Wildman–Crippen LogP) is 6.03. The molecule has 0 aliphatic rings. The predicted molar refractivity (Wildman–Crippen MR) is 141 cm³/mol. The number of hydrogen-bond donors (Lipinski definition) is 2. The molecule has 0 radical (unpaired) electrons. The number of carbonyl (C=O) groups is 1. The molecule has 5 rings (SSSR count). The van der Waals surface area contributed by atoms with Crippen LogP contribution in [-0.2, 0) is 19.5 Å². The number of aromatic amines is 1. The monoisotopic (exact) mass is 496 g/mol. The summed E-state index contributed by atoms with van der Waals surface area (Å²) in [6.45, 7) is 3.68. The van der Waals surface area contributed by atoms with E-state index < -0.39 is 0 Å². The van der Waals surface area contributed by atoms with Crippen molar-refractivity contribution in [1.82, 2.24) is 20.2 Å². The number of aromatic nitrogens is 2. The molecule has 188 valence electrons. The van der Waals surface area contributed by atoms with Gasteiger partial charge in [0.05, 0.1) is 12.6 Å². The third kappa shape index (κ3) is 6.13. The average molecular weight is 497 g/mol. The lowest BCUT2D eigenvalue weighted by Crippen LogP contribution is -2.27. The van der Waals surface area contributed by atoms with Crippen LogP contribution in [0, 0.1) is 5.82 Å². The molecule has 0 aliphatic carbocycles. The number of H-pyrrole nitrogens is 1. The number of amides is 1. The van der Waals surface area contributed by atoms with Crippen LogP contribution in [0.2, 0.25) is 0 Å². The molecule has 0 bridgehead atoms. The number of hydrogen-bond acceptors (Lipinski definition) is 4. The van der Waals surface area contributed by atoms with Gasteiger partial charge in [-0.25, -0.2) is 9.37 Å². The lowest BCUT2D eigenvalue weighted by molar-refractivity contribution is 0.0934. The van der Waals surface area contributed by atoms with Crippen LogP contribution < -0.4 is 5.32 Å². The molecule has 2 aromatic heterocycles. The summed E-state index contributed by atoms with van der Waals surface area (Å²) < 4.78 is 19.1.